The first-order chi connectivity index (χ1) is 14.0. The van der Waals surface area contributed by atoms with Crippen LogP contribution in [0.1, 0.15) is 86.5 Å². The van der Waals surface area contributed by atoms with E-state index >= 15 is 0 Å². The SMILES string of the molecule is CCOC(=O)CN1C2(CCCCCCC2)OC(=O)[C@@]1(NC(=O)OC(C)(C)C)C(C)C. The van der Waals surface area contributed by atoms with Gasteiger partial charge < -0.3 is 14.2 Å². The third-order valence-electron chi connectivity index (χ3n) is 5.77. The van der Waals surface area contributed by atoms with E-state index in [1.54, 1.807) is 32.6 Å². The Balaban J connectivity index is 2.48. The molecule has 1 saturated heterocycles. The van der Waals surface area contributed by atoms with Crippen LogP contribution in [0.15, 0.2) is 0 Å². The van der Waals surface area contributed by atoms with Crippen molar-refractivity contribution in [2.45, 2.75) is 103 Å². The van der Waals surface area contributed by atoms with Crippen molar-refractivity contribution in [3.8, 4) is 0 Å². The first kappa shape index (κ1) is 24.4. The second-order valence-electron chi connectivity index (χ2n) is 9.54. The third kappa shape index (κ3) is 5.25. The van der Waals surface area contributed by atoms with Crippen molar-refractivity contribution in [1.82, 2.24) is 10.2 Å². The fourth-order valence-electron chi connectivity index (χ4n) is 4.44. The Morgan fingerprint density at radius 2 is 1.70 bits per heavy atom. The molecule has 0 radical (unpaired) electrons. The smallest absolute Gasteiger partial charge is 0.409 e. The van der Waals surface area contributed by atoms with Gasteiger partial charge in [0.15, 0.2) is 5.72 Å². The van der Waals surface area contributed by atoms with Crippen LogP contribution in [0.3, 0.4) is 0 Å². The molecule has 0 aromatic carbocycles. The number of alkyl carbamates (subject to hydrolysis) is 1. The van der Waals surface area contributed by atoms with E-state index in [-0.39, 0.29) is 19.1 Å². The van der Waals surface area contributed by atoms with Gasteiger partial charge >= 0.3 is 18.0 Å². The average Bonchev–Trinajstić information content (AvgIpc) is 2.80. The number of carbonyl (C=O) groups is 3. The van der Waals surface area contributed by atoms with Gasteiger partial charge in [-0.2, -0.15) is 0 Å². The first-order valence-electron chi connectivity index (χ1n) is 11.1. The van der Waals surface area contributed by atoms with Crippen LogP contribution in [0, 0.1) is 5.92 Å². The molecule has 0 aromatic rings. The van der Waals surface area contributed by atoms with E-state index in [9.17, 15) is 14.4 Å². The average molecular weight is 427 g/mol. The molecule has 1 spiro atoms. The van der Waals surface area contributed by atoms with Crippen LogP contribution in [-0.4, -0.2) is 53.1 Å². The molecule has 2 aliphatic rings. The van der Waals surface area contributed by atoms with Crippen molar-refractivity contribution < 1.29 is 28.6 Å². The fourth-order valence-corrected chi connectivity index (χ4v) is 4.44. The standard InChI is InChI=1S/C22H38N2O6/c1-7-28-17(25)15-24-21(13-11-9-8-10-12-14-21)29-18(26)22(24,16(2)3)23-19(27)30-20(4,5)6/h16H,7-15H2,1-6H3,(H,23,27)/t22-/m1/s1. The lowest BCUT2D eigenvalue weighted by atomic mass is 9.88. The zero-order valence-electron chi connectivity index (χ0n) is 19.3. The second-order valence-corrected chi connectivity index (χ2v) is 9.54. The zero-order valence-corrected chi connectivity index (χ0v) is 19.3. The first-order valence-corrected chi connectivity index (χ1v) is 11.1. The number of rotatable bonds is 5. The normalized spacial score (nSPS) is 24.8. The summed E-state index contributed by atoms with van der Waals surface area (Å²) in [7, 11) is 0. The molecule has 30 heavy (non-hydrogen) atoms. The molecule has 1 amide bonds. The molecule has 0 unspecified atom stereocenters. The van der Waals surface area contributed by atoms with Crippen molar-refractivity contribution in [2.75, 3.05) is 13.2 Å². The summed E-state index contributed by atoms with van der Waals surface area (Å²) in [6.07, 6.45) is 5.51. The molecule has 8 heteroatoms. The van der Waals surface area contributed by atoms with E-state index in [1.165, 1.54) is 0 Å². The summed E-state index contributed by atoms with van der Waals surface area (Å²) < 4.78 is 16.7. The van der Waals surface area contributed by atoms with Gasteiger partial charge in [-0.25, -0.2) is 14.5 Å². The molecule has 1 saturated carbocycles. The van der Waals surface area contributed by atoms with Gasteiger partial charge in [-0.1, -0.05) is 33.1 Å². The van der Waals surface area contributed by atoms with E-state index in [1.807, 2.05) is 13.8 Å². The number of esters is 2. The van der Waals surface area contributed by atoms with Gasteiger partial charge in [-0.15, -0.1) is 0 Å². The fraction of sp³-hybridized carbons (Fsp3) is 0.864. The summed E-state index contributed by atoms with van der Waals surface area (Å²) in [5.74, 6) is -1.36. The van der Waals surface area contributed by atoms with Gasteiger partial charge in [0.2, 0.25) is 5.66 Å². The maximum Gasteiger partial charge on any atom is 0.409 e. The maximum atomic E-state index is 13.4. The van der Waals surface area contributed by atoms with E-state index < -0.39 is 35.0 Å². The lowest BCUT2D eigenvalue weighted by Gasteiger charge is -2.44. The molecule has 1 aliphatic heterocycles. The van der Waals surface area contributed by atoms with Crippen molar-refractivity contribution in [3.63, 3.8) is 0 Å². The van der Waals surface area contributed by atoms with Crippen LogP contribution in [0.2, 0.25) is 0 Å². The summed E-state index contributed by atoms with van der Waals surface area (Å²) in [6.45, 7) is 10.8. The Morgan fingerprint density at radius 3 is 2.20 bits per heavy atom. The van der Waals surface area contributed by atoms with Crippen LogP contribution < -0.4 is 5.32 Å². The van der Waals surface area contributed by atoms with Gasteiger partial charge in [0.25, 0.3) is 0 Å². The van der Waals surface area contributed by atoms with Crippen molar-refractivity contribution >= 4 is 18.0 Å². The molecule has 2 fully saturated rings. The molecule has 2 rings (SSSR count). The topological polar surface area (TPSA) is 94.2 Å². The Hall–Kier alpha value is -1.83. The highest BCUT2D eigenvalue weighted by molar-refractivity contribution is 5.89. The highest BCUT2D eigenvalue weighted by Crippen LogP contribution is 2.45. The van der Waals surface area contributed by atoms with E-state index in [0.29, 0.717) is 12.8 Å². The minimum Gasteiger partial charge on any atom is -0.465 e. The molecule has 1 aliphatic carbocycles. The Morgan fingerprint density at radius 1 is 1.13 bits per heavy atom. The van der Waals surface area contributed by atoms with E-state index in [2.05, 4.69) is 5.32 Å². The number of hydrogen-bond acceptors (Lipinski definition) is 7. The molecule has 172 valence electrons. The third-order valence-corrected chi connectivity index (χ3v) is 5.77. The molecule has 1 N–H and O–H groups in total. The van der Waals surface area contributed by atoms with E-state index in [4.69, 9.17) is 14.2 Å². The van der Waals surface area contributed by atoms with Gasteiger partial charge in [-0.3, -0.25) is 10.1 Å². The summed E-state index contributed by atoms with van der Waals surface area (Å²) in [4.78, 5) is 40.4. The number of ether oxygens (including phenoxy) is 3. The summed E-state index contributed by atoms with van der Waals surface area (Å²) in [6, 6.07) is 0. The summed E-state index contributed by atoms with van der Waals surface area (Å²) >= 11 is 0. The highest BCUT2D eigenvalue weighted by atomic mass is 16.6. The second kappa shape index (κ2) is 9.54. The van der Waals surface area contributed by atoms with E-state index in [0.717, 1.165) is 32.1 Å². The number of hydrogen-bond donors (Lipinski definition) is 1. The van der Waals surface area contributed by atoms with Crippen LogP contribution in [0.25, 0.3) is 0 Å². The number of amides is 1. The van der Waals surface area contributed by atoms with Crippen molar-refractivity contribution in [2.24, 2.45) is 5.92 Å². The molecule has 1 atom stereocenters. The van der Waals surface area contributed by atoms with Crippen molar-refractivity contribution in [3.05, 3.63) is 0 Å². The van der Waals surface area contributed by atoms with Gasteiger partial charge in [0.05, 0.1) is 6.61 Å². The van der Waals surface area contributed by atoms with Gasteiger partial charge in [0, 0.05) is 18.8 Å². The predicted octanol–water partition coefficient (Wildman–Crippen LogP) is 3.73. The van der Waals surface area contributed by atoms with Crippen LogP contribution in [0.4, 0.5) is 4.79 Å². The molecular formula is C22H38N2O6. The lowest BCUT2D eigenvalue weighted by Crippen LogP contribution is -2.68. The largest absolute Gasteiger partial charge is 0.465 e. The highest BCUT2D eigenvalue weighted by Gasteiger charge is 2.65. The minimum absolute atomic E-state index is 0.145. The van der Waals surface area contributed by atoms with Crippen LogP contribution in [-0.2, 0) is 23.8 Å². The predicted molar refractivity (Wildman–Crippen MR) is 111 cm³/mol. The summed E-state index contributed by atoms with van der Waals surface area (Å²) in [5, 5.41) is 2.79. The summed E-state index contributed by atoms with van der Waals surface area (Å²) in [5.41, 5.74) is -3.17. The Labute approximate surface area is 180 Å². The molecule has 0 bridgehead atoms. The quantitative estimate of drug-likeness (QED) is 0.529. The monoisotopic (exact) mass is 426 g/mol. The number of nitrogens with zero attached hydrogens (tertiary/aromatic N) is 1. The van der Waals surface area contributed by atoms with Crippen LogP contribution in [0.5, 0.6) is 0 Å². The molecule has 0 aromatic heterocycles. The molecule has 1 heterocycles. The maximum absolute atomic E-state index is 13.4. The zero-order chi connectivity index (χ0) is 22.6. The lowest BCUT2D eigenvalue weighted by molar-refractivity contribution is -0.163. The molecule has 8 nitrogen and oxygen atoms in total. The number of carbonyl (C=O) groups excluding carboxylic acids is 3. The minimum atomic E-state index is -1.51. The van der Waals surface area contributed by atoms with Gasteiger partial charge in [-0.05, 0) is 40.5 Å². The van der Waals surface area contributed by atoms with Crippen molar-refractivity contribution in [1.29, 1.82) is 0 Å². The Bertz CT molecular complexity index is 634. The van der Waals surface area contributed by atoms with Crippen LogP contribution >= 0.6 is 0 Å². The molecular weight excluding hydrogens is 388 g/mol. The van der Waals surface area contributed by atoms with Gasteiger partial charge in [0.1, 0.15) is 12.1 Å². The Kier molecular flexibility index (Phi) is 7.77. The number of nitrogens with one attached hydrogen (secondary N) is 1.